The van der Waals surface area contributed by atoms with Gasteiger partial charge in [-0.3, -0.25) is 4.79 Å². The molecule has 2 aromatic rings. The predicted molar refractivity (Wildman–Crippen MR) is 98.2 cm³/mol. The van der Waals surface area contributed by atoms with E-state index in [1.165, 1.54) is 6.07 Å². The summed E-state index contributed by atoms with van der Waals surface area (Å²) >= 11 is 6.31. The van der Waals surface area contributed by atoms with Gasteiger partial charge in [0.25, 0.3) is 0 Å². The Morgan fingerprint density at radius 1 is 1.29 bits per heavy atom. The molecule has 4 N–H and O–H groups in total. The van der Waals surface area contributed by atoms with E-state index in [9.17, 15) is 9.90 Å². The maximum atomic E-state index is 13.1. The lowest BCUT2D eigenvalue weighted by Crippen LogP contribution is -2.13. The number of hydrogen-bond acceptors (Lipinski definition) is 4. The number of nitrogen functional groups attached to an aromatic ring is 1. The number of fused-ring (bicyclic) bond motifs is 1. The Hall–Kier alpha value is -2.20. The van der Waals surface area contributed by atoms with Gasteiger partial charge < -0.3 is 16.2 Å². The number of halogens is 1. The van der Waals surface area contributed by atoms with E-state index in [1.54, 1.807) is 13.0 Å². The minimum Gasteiger partial charge on any atom is -0.507 e. The number of ketones is 1. The monoisotopic (exact) mass is 344 g/mol. The number of phenolic OH excluding ortho intramolecular Hbond substituents is 1. The first-order chi connectivity index (χ1) is 11.5. The van der Waals surface area contributed by atoms with Gasteiger partial charge in [0.05, 0.1) is 10.6 Å². The smallest absolute Gasteiger partial charge is 0.198 e. The van der Waals surface area contributed by atoms with Gasteiger partial charge in [-0.15, -0.1) is 0 Å². The van der Waals surface area contributed by atoms with Crippen LogP contribution < -0.4 is 11.1 Å². The summed E-state index contributed by atoms with van der Waals surface area (Å²) in [5.41, 5.74) is 9.48. The number of carbonyl (C=O) groups is 1. The second kappa shape index (κ2) is 6.73. The summed E-state index contributed by atoms with van der Waals surface area (Å²) in [6.07, 6.45) is 4.12. The van der Waals surface area contributed by atoms with Gasteiger partial charge in [0, 0.05) is 29.5 Å². The molecule has 4 nitrogen and oxygen atoms in total. The highest BCUT2D eigenvalue weighted by Crippen LogP contribution is 2.36. The van der Waals surface area contributed by atoms with Gasteiger partial charge in [0.15, 0.2) is 5.78 Å². The molecule has 0 fully saturated rings. The molecular formula is C19H21ClN2O2. The minimum atomic E-state index is -0.264. The van der Waals surface area contributed by atoms with Crippen LogP contribution in [0.2, 0.25) is 5.02 Å². The molecule has 0 saturated carbocycles. The summed E-state index contributed by atoms with van der Waals surface area (Å²) in [6.45, 7) is 2.64. The molecule has 3 rings (SSSR count). The van der Waals surface area contributed by atoms with Crippen LogP contribution in [0.4, 0.5) is 11.4 Å². The lowest BCUT2D eigenvalue weighted by atomic mass is 9.91. The lowest BCUT2D eigenvalue weighted by molar-refractivity contribution is 0.103. The Morgan fingerprint density at radius 2 is 2.08 bits per heavy atom. The van der Waals surface area contributed by atoms with Crippen LogP contribution >= 0.6 is 11.6 Å². The van der Waals surface area contributed by atoms with E-state index in [2.05, 4.69) is 5.32 Å². The van der Waals surface area contributed by atoms with Gasteiger partial charge in [-0.25, -0.2) is 0 Å². The fourth-order valence-corrected chi connectivity index (χ4v) is 3.46. The van der Waals surface area contributed by atoms with Crippen molar-refractivity contribution in [1.29, 1.82) is 0 Å². The number of carbonyl (C=O) groups excluding carboxylic acids is 1. The number of benzene rings is 2. The topological polar surface area (TPSA) is 75.3 Å². The normalized spacial score (nSPS) is 14.2. The number of hydrogen-bond donors (Lipinski definition) is 3. The molecule has 24 heavy (non-hydrogen) atoms. The summed E-state index contributed by atoms with van der Waals surface area (Å²) in [7, 11) is 0. The van der Waals surface area contributed by atoms with E-state index in [1.807, 2.05) is 12.1 Å². The van der Waals surface area contributed by atoms with Crippen molar-refractivity contribution < 1.29 is 9.90 Å². The van der Waals surface area contributed by atoms with Gasteiger partial charge in [-0.1, -0.05) is 30.2 Å². The zero-order valence-electron chi connectivity index (χ0n) is 13.7. The fraction of sp³-hybridized carbons (Fsp3) is 0.316. The molecule has 126 valence electrons. The summed E-state index contributed by atoms with van der Waals surface area (Å²) < 4.78 is 0. The molecule has 0 spiro atoms. The summed E-state index contributed by atoms with van der Waals surface area (Å²) in [6, 6.07) is 7.04. The standard InChI is InChI=1S/C19H21ClN2O2/c1-11-14(21)10-16(23)17(18(11)20)19(24)13-7-5-8-15-12(13)6-3-2-4-9-22-15/h5,7-8,10,22-23H,2-4,6,9,21H2,1H3. The van der Waals surface area contributed by atoms with Crippen LogP contribution in [0.15, 0.2) is 24.3 Å². The molecule has 0 radical (unpaired) electrons. The van der Waals surface area contributed by atoms with E-state index in [-0.39, 0.29) is 22.1 Å². The highest BCUT2D eigenvalue weighted by atomic mass is 35.5. The van der Waals surface area contributed by atoms with Gasteiger partial charge >= 0.3 is 0 Å². The van der Waals surface area contributed by atoms with Crippen molar-refractivity contribution in [2.75, 3.05) is 17.6 Å². The van der Waals surface area contributed by atoms with Crippen molar-refractivity contribution in [2.24, 2.45) is 0 Å². The third-order valence-corrected chi connectivity index (χ3v) is 5.07. The van der Waals surface area contributed by atoms with Crippen LogP contribution in [0.3, 0.4) is 0 Å². The van der Waals surface area contributed by atoms with Crippen molar-refractivity contribution in [1.82, 2.24) is 0 Å². The third kappa shape index (κ3) is 2.94. The second-order valence-electron chi connectivity index (χ2n) is 6.20. The first-order valence-electron chi connectivity index (χ1n) is 8.18. The third-order valence-electron chi connectivity index (χ3n) is 4.60. The highest BCUT2D eigenvalue weighted by Gasteiger charge is 2.24. The van der Waals surface area contributed by atoms with Gasteiger partial charge in [0.1, 0.15) is 5.75 Å². The average molecular weight is 345 g/mol. The molecule has 0 bridgehead atoms. The van der Waals surface area contributed by atoms with Crippen LogP contribution in [-0.2, 0) is 6.42 Å². The summed E-state index contributed by atoms with van der Waals surface area (Å²) in [4.78, 5) is 13.1. The molecule has 0 atom stereocenters. The maximum Gasteiger partial charge on any atom is 0.198 e. The van der Waals surface area contributed by atoms with Crippen molar-refractivity contribution in [3.8, 4) is 5.75 Å². The quantitative estimate of drug-likeness (QED) is 0.560. The zero-order valence-corrected chi connectivity index (χ0v) is 14.4. The number of rotatable bonds is 2. The minimum absolute atomic E-state index is 0.124. The molecule has 1 aliphatic rings. The molecule has 0 unspecified atom stereocenters. The van der Waals surface area contributed by atoms with E-state index in [0.717, 1.165) is 43.5 Å². The Labute approximate surface area is 146 Å². The Morgan fingerprint density at radius 3 is 2.88 bits per heavy atom. The molecule has 5 heteroatoms. The van der Waals surface area contributed by atoms with Crippen molar-refractivity contribution in [3.63, 3.8) is 0 Å². The molecule has 0 amide bonds. The van der Waals surface area contributed by atoms with E-state index < -0.39 is 0 Å². The first-order valence-corrected chi connectivity index (χ1v) is 8.56. The first kappa shape index (κ1) is 16.7. The molecule has 2 aromatic carbocycles. The fourth-order valence-electron chi connectivity index (χ4n) is 3.17. The van der Waals surface area contributed by atoms with Crippen LogP contribution in [-0.4, -0.2) is 17.4 Å². The Balaban J connectivity index is 2.12. The molecule has 0 saturated heterocycles. The van der Waals surface area contributed by atoms with E-state index >= 15 is 0 Å². The molecule has 1 heterocycles. The Bertz CT molecular complexity index is 802. The van der Waals surface area contributed by atoms with Crippen LogP contribution in [0.5, 0.6) is 5.75 Å². The van der Waals surface area contributed by atoms with Crippen LogP contribution in [0, 0.1) is 6.92 Å². The van der Waals surface area contributed by atoms with Crippen molar-refractivity contribution in [3.05, 3.63) is 51.5 Å². The maximum absolute atomic E-state index is 13.1. The SMILES string of the molecule is Cc1c(N)cc(O)c(C(=O)c2cccc3c2CCCCCN3)c1Cl. The van der Waals surface area contributed by atoms with E-state index in [0.29, 0.717) is 16.8 Å². The second-order valence-corrected chi connectivity index (χ2v) is 6.58. The van der Waals surface area contributed by atoms with Crippen molar-refractivity contribution in [2.45, 2.75) is 32.6 Å². The number of anilines is 2. The number of aromatic hydroxyl groups is 1. The molecule has 0 aliphatic carbocycles. The van der Waals surface area contributed by atoms with Crippen LogP contribution in [0.1, 0.15) is 46.3 Å². The largest absolute Gasteiger partial charge is 0.507 e. The lowest BCUT2D eigenvalue weighted by Gasteiger charge is -2.19. The predicted octanol–water partition coefficient (Wildman–Crippen LogP) is 4.31. The van der Waals surface area contributed by atoms with E-state index in [4.69, 9.17) is 17.3 Å². The summed E-state index contributed by atoms with van der Waals surface area (Å²) in [5, 5.41) is 13.8. The van der Waals surface area contributed by atoms with Crippen LogP contribution in [0.25, 0.3) is 0 Å². The van der Waals surface area contributed by atoms with Gasteiger partial charge in [0.2, 0.25) is 0 Å². The average Bonchev–Trinajstić information content (AvgIpc) is 2.52. The summed E-state index contributed by atoms with van der Waals surface area (Å²) in [5.74, 6) is -0.440. The number of nitrogens with one attached hydrogen (secondary N) is 1. The van der Waals surface area contributed by atoms with Crippen molar-refractivity contribution >= 4 is 28.8 Å². The van der Waals surface area contributed by atoms with Gasteiger partial charge in [-0.05, 0) is 43.4 Å². The Kier molecular flexibility index (Phi) is 4.67. The number of phenols is 1. The van der Waals surface area contributed by atoms with Gasteiger partial charge in [-0.2, -0.15) is 0 Å². The number of nitrogens with two attached hydrogens (primary N) is 1. The molecule has 1 aliphatic heterocycles. The highest BCUT2D eigenvalue weighted by molar-refractivity contribution is 6.36. The molecule has 0 aromatic heterocycles. The zero-order chi connectivity index (χ0) is 17.3. The molecular weight excluding hydrogens is 324 g/mol.